The summed E-state index contributed by atoms with van der Waals surface area (Å²) in [6.45, 7) is 3.80. The van der Waals surface area contributed by atoms with Gasteiger partial charge in [-0.2, -0.15) is 0 Å². The molecule has 124 valence electrons. The summed E-state index contributed by atoms with van der Waals surface area (Å²) in [5.41, 5.74) is 2.42. The van der Waals surface area contributed by atoms with Crippen LogP contribution in [-0.4, -0.2) is 17.9 Å². The number of amides is 2. The van der Waals surface area contributed by atoms with Crippen molar-refractivity contribution in [2.45, 2.75) is 32.4 Å². The lowest BCUT2D eigenvalue weighted by Gasteiger charge is -2.17. The van der Waals surface area contributed by atoms with Crippen LogP contribution in [0.1, 0.15) is 30.5 Å². The molecule has 2 aromatic carbocycles. The number of ketones is 1. The second-order valence-electron chi connectivity index (χ2n) is 6.04. The van der Waals surface area contributed by atoms with E-state index in [0.29, 0.717) is 17.0 Å². The summed E-state index contributed by atoms with van der Waals surface area (Å²) >= 11 is 0. The molecule has 2 aromatic rings. The molecule has 0 saturated heterocycles. The maximum atomic E-state index is 12.5. The summed E-state index contributed by atoms with van der Waals surface area (Å²) in [7, 11) is 0. The third-order valence-electron chi connectivity index (χ3n) is 3.92. The standard InChI is InChI=1S/C19H20N2O3/c1-12-6-5-7-14(10-12)20-19(23)21-18-15-8-3-4-9-17(15)24-13(2)11-16(18)22/h3-10,13,18H,11H2,1-2H3,(H2,20,21,23). The maximum absolute atomic E-state index is 12.5. The number of anilines is 1. The molecule has 0 radical (unpaired) electrons. The molecule has 2 unspecified atom stereocenters. The first-order chi connectivity index (χ1) is 11.5. The van der Waals surface area contributed by atoms with Crippen molar-refractivity contribution in [3.8, 4) is 5.75 Å². The van der Waals surface area contributed by atoms with Gasteiger partial charge in [-0.3, -0.25) is 4.79 Å². The monoisotopic (exact) mass is 324 g/mol. The average molecular weight is 324 g/mol. The van der Waals surface area contributed by atoms with Gasteiger partial charge < -0.3 is 15.4 Å². The van der Waals surface area contributed by atoms with Crippen LogP contribution in [0.5, 0.6) is 5.75 Å². The number of Topliss-reactive ketones (excluding diaryl/α,β-unsaturated/α-hetero) is 1. The van der Waals surface area contributed by atoms with E-state index >= 15 is 0 Å². The zero-order chi connectivity index (χ0) is 17.1. The van der Waals surface area contributed by atoms with Crippen LogP contribution in [0, 0.1) is 6.92 Å². The highest BCUT2D eigenvalue weighted by molar-refractivity contribution is 5.95. The van der Waals surface area contributed by atoms with E-state index in [0.717, 1.165) is 5.56 Å². The molecular formula is C19H20N2O3. The average Bonchev–Trinajstić information content (AvgIpc) is 2.64. The number of fused-ring (bicyclic) bond motifs is 1. The van der Waals surface area contributed by atoms with Gasteiger partial charge in [0.15, 0.2) is 5.78 Å². The third kappa shape index (κ3) is 3.56. The number of urea groups is 1. The zero-order valence-corrected chi connectivity index (χ0v) is 13.7. The smallest absolute Gasteiger partial charge is 0.320 e. The summed E-state index contributed by atoms with van der Waals surface area (Å²) in [5.74, 6) is 0.573. The number of ether oxygens (including phenoxy) is 1. The third-order valence-corrected chi connectivity index (χ3v) is 3.92. The first kappa shape index (κ1) is 16.1. The fraction of sp³-hybridized carbons (Fsp3) is 0.263. The molecule has 0 fully saturated rings. The van der Waals surface area contributed by atoms with Gasteiger partial charge in [-0.25, -0.2) is 4.79 Å². The van der Waals surface area contributed by atoms with Gasteiger partial charge in [0.25, 0.3) is 0 Å². The van der Waals surface area contributed by atoms with Crippen molar-refractivity contribution in [1.29, 1.82) is 0 Å². The Bertz CT molecular complexity index is 773. The van der Waals surface area contributed by atoms with Gasteiger partial charge in [-0.1, -0.05) is 30.3 Å². The normalized spacial score (nSPS) is 19.7. The highest BCUT2D eigenvalue weighted by atomic mass is 16.5. The van der Waals surface area contributed by atoms with Gasteiger partial charge in [-0.15, -0.1) is 0 Å². The number of nitrogens with one attached hydrogen (secondary N) is 2. The van der Waals surface area contributed by atoms with Crippen LogP contribution < -0.4 is 15.4 Å². The van der Waals surface area contributed by atoms with E-state index in [-0.39, 0.29) is 18.3 Å². The molecule has 5 heteroatoms. The molecule has 3 rings (SSSR count). The quantitative estimate of drug-likeness (QED) is 0.887. The Hall–Kier alpha value is -2.82. The Morgan fingerprint density at radius 1 is 1.17 bits per heavy atom. The minimum Gasteiger partial charge on any atom is -0.490 e. The molecule has 24 heavy (non-hydrogen) atoms. The van der Waals surface area contributed by atoms with E-state index in [9.17, 15) is 9.59 Å². The molecule has 0 spiro atoms. The molecule has 0 aromatic heterocycles. The van der Waals surface area contributed by atoms with Crippen LogP contribution in [0.2, 0.25) is 0 Å². The minimum atomic E-state index is -0.712. The Kier molecular flexibility index (Phi) is 4.51. The van der Waals surface area contributed by atoms with Gasteiger partial charge >= 0.3 is 6.03 Å². The lowest BCUT2D eigenvalue weighted by Crippen LogP contribution is -2.36. The van der Waals surface area contributed by atoms with Crippen molar-refractivity contribution < 1.29 is 14.3 Å². The fourth-order valence-electron chi connectivity index (χ4n) is 2.84. The zero-order valence-electron chi connectivity index (χ0n) is 13.7. The van der Waals surface area contributed by atoms with Gasteiger partial charge in [0.05, 0.1) is 0 Å². The van der Waals surface area contributed by atoms with E-state index in [1.54, 1.807) is 6.07 Å². The van der Waals surface area contributed by atoms with Gasteiger partial charge in [-0.05, 0) is 37.6 Å². The van der Waals surface area contributed by atoms with E-state index < -0.39 is 12.1 Å². The molecule has 2 amide bonds. The summed E-state index contributed by atoms with van der Waals surface area (Å²) in [6.07, 6.45) is 0.0367. The molecule has 1 aliphatic rings. The minimum absolute atomic E-state index is 0.0631. The predicted molar refractivity (Wildman–Crippen MR) is 92.2 cm³/mol. The Balaban J connectivity index is 1.80. The highest BCUT2D eigenvalue weighted by Crippen LogP contribution is 2.31. The van der Waals surface area contributed by atoms with E-state index in [2.05, 4.69) is 10.6 Å². The van der Waals surface area contributed by atoms with E-state index in [1.165, 1.54) is 0 Å². The lowest BCUT2D eigenvalue weighted by molar-refractivity contribution is -0.121. The largest absolute Gasteiger partial charge is 0.490 e. The van der Waals surface area contributed by atoms with E-state index in [4.69, 9.17) is 4.74 Å². The molecule has 2 atom stereocenters. The van der Waals surface area contributed by atoms with E-state index in [1.807, 2.05) is 56.3 Å². The second-order valence-corrected chi connectivity index (χ2v) is 6.04. The van der Waals surface area contributed by atoms with Gasteiger partial charge in [0, 0.05) is 17.7 Å². The molecular weight excluding hydrogens is 304 g/mol. The number of rotatable bonds is 2. The van der Waals surface area contributed by atoms with Crippen molar-refractivity contribution in [3.63, 3.8) is 0 Å². The van der Waals surface area contributed by atoms with Crippen molar-refractivity contribution >= 4 is 17.5 Å². The summed E-state index contributed by atoms with van der Waals surface area (Å²) in [5, 5.41) is 5.54. The van der Waals surface area contributed by atoms with Crippen molar-refractivity contribution in [2.24, 2.45) is 0 Å². The predicted octanol–water partition coefficient (Wildman–Crippen LogP) is 3.60. The van der Waals surface area contributed by atoms with Crippen molar-refractivity contribution in [2.75, 3.05) is 5.32 Å². The molecule has 0 bridgehead atoms. The van der Waals surface area contributed by atoms with Crippen LogP contribution in [-0.2, 0) is 4.79 Å². The SMILES string of the molecule is Cc1cccc(NC(=O)NC2C(=O)CC(C)Oc3ccccc32)c1. The molecule has 1 aliphatic heterocycles. The van der Waals surface area contributed by atoms with Crippen LogP contribution in [0.4, 0.5) is 10.5 Å². The maximum Gasteiger partial charge on any atom is 0.320 e. The van der Waals surface area contributed by atoms with Crippen LogP contribution in [0.25, 0.3) is 0 Å². The molecule has 5 nitrogen and oxygen atoms in total. The number of carbonyl (C=O) groups excluding carboxylic acids is 2. The number of hydrogen-bond donors (Lipinski definition) is 2. The summed E-state index contributed by atoms with van der Waals surface area (Å²) in [6, 6.07) is 13.7. The molecule has 2 N–H and O–H groups in total. The Labute approximate surface area is 141 Å². The van der Waals surface area contributed by atoms with Gasteiger partial charge in [0.2, 0.25) is 0 Å². The van der Waals surface area contributed by atoms with Crippen LogP contribution >= 0.6 is 0 Å². The highest BCUT2D eigenvalue weighted by Gasteiger charge is 2.30. The first-order valence-corrected chi connectivity index (χ1v) is 7.95. The van der Waals surface area contributed by atoms with Crippen LogP contribution in [0.3, 0.4) is 0 Å². The topological polar surface area (TPSA) is 67.4 Å². The second kappa shape index (κ2) is 6.74. The number of aryl methyl sites for hydroxylation is 1. The molecule has 0 saturated carbocycles. The van der Waals surface area contributed by atoms with Crippen LogP contribution in [0.15, 0.2) is 48.5 Å². The van der Waals surface area contributed by atoms with Gasteiger partial charge in [0.1, 0.15) is 17.9 Å². The molecule has 1 heterocycles. The summed E-state index contributed by atoms with van der Waals surface area (Å²) < 4.78 is 5.78. The first-order valence-electron chi connectivity index (χ1n) is 7.95. The lowest BCUT2D eigenvalue weighted by atomic mass is 10.00. The number of hydrogen-bond acceptors (Lipinski definition) is 3. The number of carbonyl (C=O) groups is 2. The number of para-hydroxylation sites is 1. The molecule has 0 aliphatic carbocycles. The summed E-state index contributed by atoms with van der Waals surface area (Å²) in [4.78, 5) is 24.8. The number of benzene rings is 2. The van der Waals surface area contributed by atoms with Crippen molar-refractivity contribution in [3.05, 3.63) is 59.7 Å². The fourth-order valence-corrected chi connectivity index (χ4v) is 2.84. The Morgan fingerprint density at radius 2 is 1.96 bits per heavy atom. The van der Waals surface area contributed by atoms with Crippen molar-refractivity contribution in [1.82, 2.24) is 5.32 Å². The Morgan fingerprint density at radius 3 is 2.75 bits per heavy atom.